The van der Waals surface area contributed by atoms with Crippen LogP contribution in [-0.4, -0.2) is 14.6 Å². The van der Waals surface area contributed by atoms with Gasteiger partial charge in [-0.15, -0.1) is 0 Å². The molecule has 2 rings (SSSR count). The van der Waals surface area contributed by atoms with Gasteiger partial charge in [0.25, 0.3) is 0 Å². The predicted molar refractivity (Wildman–Crippen MR) is 47.7 cm³/mol. The van der Waals surface area contributed by atoms with Gasteiger partial charge in [0.2, 0.25) is 0 Å². The van der Waals surface area contributed by atoms with Gasteiger partial charge in [0.15, 0.2) is 5.15 Å². The topological polar surface area (TPSA) is 30.2 Å². The Morgan fingerprint density at radius 2 is 2.17 bits per heavy atom. The highest BCUT2D eigenvalue weighted by atomic mass is 35.5. The summed E-state index contributed by atoms with van der Waals surface area (Å²) in [6.07, 6.45) is 1.38. The molecule has 62 valence electrons. The number of hydrogen-bond acceptors (Lipinski definition) is 2. The van der Waals surface area contributed by atoms with Crippen molar-refractivity contribution >= 4 is 28.7 Å². The zero-order chi connectivity index (χ0) is 8.72. The molecule has 0 amide bonds. The van der Waals surface area contributed by atoms with E-state index in [1.165, 1.54) is 6.33 Å². The van der Waals surface area contributed by atoms with Gasteiger partial charge in [0, 0.05) is 0 Å². The summed E-state index contributed by atoms with van der Waals surface area (Å²) in [6.45, 7) is 1.91. The van der Waals surface area contributed by atoms with Crippen molar-refractivity contribution in [1.29, 1.82) is 0 Å². The number of hydrogen-bond donors (Lipinski definition) is 0. The van der Waals surface area contributed by atoms with Crippen molar-refractivity contribution in [2.45, 2.75) is 6.92 Å². The van der Waals surface area contributed by atoms with Crippen LogP contribution in [0.25, 0.3) is 5.52 Å². The molecule has 12 heavy (non-hydrogen) atoms. The number of aromatic nitrogens is 3. The third kappa shape index (κ3) is 0.974. The van der Waals surface area contributed by atoms with Crippen LogP contribution in [0.4, 0.5) is 0 Å². The highest BCUT2D eigenvalue weighted by molar-refractivity contribution is 6.34. The molecule has 3 nitrogen and oxygen atoms in total. The fourth-order valence-electron chi connectivity index (χ4n) is 1.13. The SMILES string of the molecule is Cc1cc(Cl)n2ncnc(Cl)c12. The second-order valence-electron chi connectivity index (χ2n) is 2.46. The lowest BCUT2D eigenvalue weighted by Gasteiger charge is -1.95. The molecule has 2 aromatic rings. The van der Waals surface area contributed by atoms with E-state index < -0.39 is 0 Å². The zero-order valence-corrected chi connectivity index (χ0v) is 7.76. The number of nitrogens with zero attached hydrogens (tertiary/aromatic N) is 3. The van der Waals surface area contributed by atoms with Crippen LogP contribution in [0.5, 0.6) is 0 Å². The molecule has 0 saturated heterocycles. The molecule has 0 atom stereocenters. The first-order valence-electron chi connectivity index (χ1n) is 3.34. The molecule has 0 bridgehead atoms. The Labute approximate surface area is 78.9 Å². The van der Waals surface area contributed by atoms with Gasteiger partial charge < -0.3 is 0 Å². The van der Waals surface area contributed by atoms with Crippen molar-refractivity contribution in [3.8, 4) is 0 Å². The Balaban J connectivity index is 2.99. The van der Waals surface area contributed by atoms with Crippen molar-refractivity contribution in [3.63, 3.8) is 0 Å². The van der Waals surface area contributed by atoms with Gasteiger partial charge in [0.1, 0.15) is 17.0 Å². The van der Waals surface area contributed by atoms with Crippen LogP contribution in [0, 0.1) is 6.92 Å². The second kappa shape index (κ2) is 2.61. The molecule has 0 saturated carbocycles. The summed E-state index contributed by atoms with van der Waals surface area (Å²) in [5.41, 5.74) is 1.75. The number of halogens is 2. The molecule has 0 radical (unpaired) electrons. The fraction of sp³-hybridized carbons (Fsp3) is 0.143. The Hall–Kier alpha value is -0.800. The summed E-state index contributed by atoms with van der Waals surface area (Å²) in [7, 11) is 0. The van der Waals surface area contributed by atoms with E-state index >= 15 is 0 Å². The van der Waals surface area contributed by atoms with Gasteiger partial charge in [-0.25, -0.2) is 9.50 Å². The Morgan fingerprint density at radius 3 is 2.83 bits per heavy atom. The molecule has 0 aliphatic rings. The van der Waals surface area contributed by atoms with Crippen LogP contribution in [0.3, 0.4) is 0 Å². The second-order valence-corrected chi connectivity index (χ2v) is 3.21. The molecular formula is C7H5Cl2N3. The van der Waals surface area contributed by atoms with E-state index in [0.717, 1.165) is 11.1 Å². The van der Waals surface area contributed by atoms with E-state index in [4.69, 9.17) is 23.2 Å². The summed E-state index contributed by atoms with van der Waals surface area (Å²) in [4.78, 5) is 3.86. The molecule has 2 heterocycles. The minimum atomic E-state index is 0.425. The smallest absolute Gasteiger partial charge is 0.156 e. The van der Waals surface area contributed by atoms with Gasteiger partial charge in [0.05, 0.1) is 0 Å². The Kier molecular flexibility index (Phi) is 1.70. The third-order valence-electron chi connectivity index (χ3n) is 1.66. The largest absolute Gasteiger partial charge is 0.220 e. The van der Waals surface area contributed by atoms with Gasteiger partial charge in [-0.05, 0) is 18.6 Å². The molecule has 5 heteroatoms. The van der Waals surface area contributed by atoms with Crippen LogP contribution in [0.2, 0.25) is 10.3 Å². The maximum Gasteiger partial charge on any atom is 0.156 e. The molecule has 0 aromatic carbocycles. The number of fused-ring (bicyclic) bond motifs is 1. The van der Waals surface area contributed by atoms with Gasteiger partial charge >= 0.3 is 0 Å². The van der Waals surface area contributed by atoms with Gasteiger partial charge in [-0.1, -0.05) is 23.2 Å². The number of rotatable bonds is 0. The normalized spacial score (nSPS) is 10.9. The molecular weight excluding hydrogens is 197 g/mol. The van der Waals surface area contributed by atoms with Crippen molar-refractivity contribution in [3.05, 3.63) is 28.3 Å². The Morgan fingerprint density at radius 1 is 1.42 bits per heavy atom. The standard InChI is InChI=1S/C7H5Cl2N3/c1-4-2-5(8)12-6(4)7(9)10-3-11-12/h2-3H,1H3. The van der Waals surface area contributed by atoms with Crippen molar-refractivity contribution in [2.24, 2.45) is 0 Å². The summed E-state index contributed by atoms with van der Waals surface area (Å²) in [5, 5.41) is 4.92. The van der Waals surface area contributed by atoms with E-state index in [9.17, 15) is 0 Å². The van der Waals surface area contributed by atoms with Crippen LogP contribution in [0.1, 0.15) is 5.56 Å². The molecule has 0 N–H and O–H groups in total. The summed E-state index contributed by atoms with van der Waals surface area (Å²) >= 11 is 11.7. The maximum absolute atomic E-state index is 5.86. The van der Waals surface area contributed by atoms with Crippen molar-refractivity contribution in [2.75, 3.05) is 0 Å². The van der Waals surface area contributed by atoms with Crippen LogP contribution < -0.4 is 0 Å². The van der Waals surface area contributed by atoms with Crippen molar-refractivity contribution in [1.82, 2.24) is 14.6 Å². The molecule has 0 aliphatic heterocycles. The average Bonchev–Trinajstić information content (AvgIpc) is 2.29. The molecule has 2 aromatic heterocycles. The molecule has 0 spiro atoms. The number of aryl methyl sites for hydroxylation is 1. The minimum absolute atomic E-state index is 0.425. The van der Waals surface area contributed by atoms with Crippen LogP contribution in [0.15, 0.2) is 12.4 Å². The first-order chi connectivity index (χ1) is 5.70. The van der Waals surface area contributed by atoms with E-state index in [1.54, 1.807) is 10.6 Å². The highest BCUT2D eigenvalue weighted by Gasteiger charge is 2.08. The molecule has 0 aliphatic carbocycles. The van der Waals surface area contributed by atoms with E-state index in [-0.39, 0.29) is 0 Å². The summed E-state index contributed by atoms with van der Waals surface area (Å²) in [6, 6.07) is 1.80. The average molecular weight is 202 g/mol. The first kappa shape index (κ1) is 7.83. The summed E-state index contributed by atoms with van der Waals surface area (Å²) in [5.74, 6) is 0. The quantitative estimate of drug-likeness (QED) is 0.656. The fourth-order valence-corrected chi connectivity index (χ4v) is 1.70. The minimum Gasteiger partial charge on any atom is -0.220 e. The lowest BCUT2D eigenvalue weighted by Crippen LogP contribution is -1.93. The van der Waals surface area contributed by atoms with Gasteiger partial charge in [-0.3, -0.25) is 0 Å². The molecule has 0 unspecified atom stereocenters. The van der Waals surface area contributed by atoms with E-state index in [1.807, 2.05) is 6.92 Å². The van der Waals surface area contributed by atoms with E-state index in [2.05, 4.69) is 10.1 Å². The predicted octanol–water partition coefficient (Wildman–Crippen LogP) is 2.34. The van der Waals surface area contributed by atoms with Crippen LogP contribution >= 0.6 is 23.2 Å². The lowest BCUT2D eigenvalue weighted by molar-refractivity contribution is 0.903. The first-order valence-corrected chi connectivity index (χ1v) is 4.10. The zero-order valence-electron chi connectivity index (χ0n) is 6.25. The lowest BCUT2D eigenvalue weighted by atomic mass is 10.3. The van der Waals surface area contributed by atoms with Crippen molar-refractivity contribution < 1.29 is 0 Å². The highest BCUT2D eigenvalue weighted by Crippen LogP contribution is 2.23. The maximum atomic E-state index is 5.86. The summed E-state index contributed by atoms with van der Waals surface area (Å²) < 4.78 is 1.56. The van der Waals surface area contributed by atoms with Crippen LogP contribution in [-0.2, 0) is 0 Å². The molecule has 0 fully saturated rings. The Bertz CT molecular complexity index is 435. The van der Waals surface area contributed by atoms with E-state index in [0.29, 0.717) is 10.3 Å². The van der Waals surface area contributed by atoms with Gasteiger partial charge in [-0.2, -0.15) is 5.10 Å². The third-order valence-corrected chi connectivity index (χ3v) is 2.20. The monoisotopic (exact) mass is 201 g/mol.